The van der Waals surface area contributed by atoms with Crippen LogP contribution in [0, 0.1) is 0 Å². The molecule has 0 spiro atoms. The molecule has 1 aliphatic rings. The minimum absolute atomic E-state index is 0.153. The van der Waals surface area contributed by atoms with E-state index >= 15 is 0 Å². The summed E-state index contributed by atoms with van der Waals surface area (Å²) in [5.74, 6) is -1.17. The van der Waals surface area contributed by atoms with Gasteiger partial charge in [-0.05, 0) is 31.2 Å². The summed E-state index contributed by atoms with van der Waals surface area (Å²) in [5.41, 5.74) is 6.96. The molecule has 96 valence electrons. The molecule has 18 heavy (non-hydrogen) atoms. The number of fused-ring (bicyclic) bond motifs is 1. The molecule has 0 aliphatic carbocycles. The smallest absolute Gasteiger partial charge is 0.335 e. The topological polar surface area (TPSA) is 95.7 Å². The maximum atomic E-state index is 11.9. The molecule has 1 aliphatic heterocycles. The predicted molar refractivity (Wildman–Crippen MR) is 67.9 cm³/mol. The monoisotopic (exact) mass is 249 g/mol. The Morgan fingerprint density at radius 3 is 2.89 bits per heavy atom. The van der Waals surface area contributed by atoms with Gasteiger partial charge in [0.25, 0.3) is 0 Å². The Kier molecular flexibility index (Phi) is 3.20. The highest BCUT2D eigenvalue weighted by Gasteiger charge is 2.30. The second-order valence-electron chi connectivity index (χ2n) is 4.23. The average molecular weight is 249 g/mol. The lowest BCUT2D eigenvalue weighted by atomic mass is 10.0. The molecule has 0 saturated carbocycles. The highest BCUT2D eigenvalue weighted by atomic mass is 16.4. The molecular weight excluding hydrogens is 234 g/mol. The maximum Gasteiger partial charge on any atom is 0.335 e. The summed E-state index contributed by atoms with van der Waals surface area (Å²) in [6, 6.07) is 4.37. The Bertz CT molecular complexity index is 501. The van der Waals surface area contributed by atoms with Crippen LogP contribution in [0.15, 0.2) is 18.2 Å². The van der Waals surface area contributed by atoms with Gasteiger partial charge in [0.1, 0.15) is 6.04 Å². The molecule has 4 N–H and O–H groups in total. The Morgan fingerprint density at radius 2 is 2.28 bits per heavy atom. The Balaban J connectivity index is 2.39. The van der Waals surface area contributed by atoms with Crippen LogP contribution in [0.2, 0.25) is 0 Å². The van der Waals surface area contributed by atoms with Gasteiger partial charge in [-0.2, -0.15) is 0 Å². The Labute approximate surface area is 104 Å². The first-order valence-electron chi connectivity index (χ1n) is 5.65. The van der Waals surface area contributed by atoms with E-state index in [9.17, 15) is 9.59 Å². The third kappa shape index (κ3) is 2.02. The number of benzene rings is 1. The number of hydrogen-bond acceptors (Lipinski definition) is 4. The van der Waals surface area contributed by atoms with E-state index in [0.717, 1.165) is 5.69 Å². The van der Waals surface area contributed by atoms with Crippen LogP contribution in [-0.2, 0) is 4.79 Å². The Hall–Kier alpha value is -2.08. The fourth-order valence-electron chi connectivity index (χ4n) is 2.12. The van der Waals surface area contributed by atoms with Crippen molar-refractivity contribution in [2.24, 2.45) is 5.73 Å². The molecule has 0 bridgehead atoms. The number of carbonyl (C=O) groups excluding carboxylic acids is 1. The van der Waals surface area contributed by atoms with Crippen molar-refractivity contribution in [2.75, 3.05) is 23.8 Å². The third-order valence-corrected chi connectivity index (χ3v) is 3.09. The highest BCUT2D eigenvalue weighted by Crippen LogP contribution is 2.32. The summed E-state index contributed by atoms with van der Waals surface area (Å²) >= 11 is 0. The summed E-state index contributed by atoms with van der Waals surface area (Å²) < 4.78 is 0. The van der Waals surface area contributed by atoms with Crippen LogP contribution in [0.4, 0.5) is 11.4 Å². The van der Waals surface area contributed by atoms with Crippen molar-refractivity contribution in [1.29, 1.82) is 0 Å². The standard InChI is InChI=1S/C12H15N3O3/c1-15-9-3-2-7(12(17)18)6-8(9)14-11(16)10(15)4-5-13/h2-3,6,10H,4-5,13H2,1H3,(H,14,16)(H,17,18). The van der Waals surface area contributed by atoms with Crippen LogP contribution in [0.3, 0.4) is 0 Å². The fourth-order valence-corrected chi connectivity index (χ4v) is 2.12. The van der Waals surface area contributed by atoms with Crippen LogP contribution in [0.5, 0.6) is 0 Å². The van der Waals surface area contributed by atoms with Gasteiger partial charge < -0.3 is 21.1 Å². The van der Waals surface area contributed by atoms with Crippen LogP contribution in [0.1, 0.15) is 16.8 Å². The summed E-state index contributed by atoms with van der Waals surface area (Å²) in [5, 5.41) is 11.6. The quantitative estimate of drug-likeness (QED) is 0.724. The van der Waals surface area contributed by atoms with E-state index in [1.165, 1.54) is 12.1 Å². The molecular formula is C12H15N3O3. The predicted octanol–water partition coefficient (Wildman–Crippen LogP) is 0.490. The molecule has 0 radical (unpaired) electrons. The van der Waals surface area contributed by atoms with Gasteiger partial charge in [0.15, 0.2) is 0 Å². The van der Waals surface area contributed by atoms with Crippen molar-refractivity contribution in [3.05, 3.63) is 23.8 Å². The van der Waals surface area contributed by atoms with E-state index < -0.39 is 5.97 Å². The summed E-state index contributed by atoms with van der Waals surface area (Å²) in [4.78, 5) is 24.6. The number of hydrogen-bond donors (Lipinski definition) is 3. The number of aromatic carboxylic acids is 1. The first-order valence-corrected chi connectivity index (χ1v) is 5.65. The number of amides is 1. The lowest BCUT2D eigenvalue weighted by Crippen LogP contribution is -2.47. The lowest BCUT2D eigenvalue weighted by Gasteiger charge is -2.35. The summed E-state index contributed by atoms with van der Waals surface area (Å²) in [6.45, 7) is 0.422. The second-order valence-corrected chi connectivity index (χ2v) is 4.23. The molecule has 1 unspecified atom stereocenters. The zero-order chi connectivity index (χ0) is 13.3. The molecule has 0 fully saturated rings. The molecule has 2 rings (SSSR count). The summed E-state index contributed by atoms with van der Waals surface area (Å²) in [7, 11) is 1.80. The van der Waals surface area contributed by atoms with E-state index in [4.69, 9.17) is 10.8 Å². The van der Waals surface area contributed by atoms with Crippen molar-refractivity contribution in [3.8, 4) is 0 Å². The van der Waals surface area contributed by atoms with Gasteiger partial charge in [0, 0.05) is 7.05 Å². The molecule has 6 nitrogen and oxygen atoms in total. The van der Waals surface area contributed by atoms with Gasteiger partial charge in [-0.3, -0.25) is 4.79 Å². The van der Waals surface area contributed by atoms with E-state index in [2.05, 4.69) is 5.32 Å². The van der Waals surface area contributed by atoms with Crippen molar-refractivity contribution in [2.45, 2.75) is 12.5 Å². The minimum atomic E-state index is -1.02. The first kappa shape index (κ1) is 12.4. The van der Waals surface area contributed by atoms with Crippen molar-refractivity contribution in [3.63, 3.8) is 0 Å². The van der Waals surface area contributed by atoms with Crippen molar-refractivity contribution in [1.82, 2.24) is 0 Å². The normalized spacial score (nSPS) is 18.2. The SMILES string of the molecule is CN1c2ccc(C(=O)O)cc2NC(=O)C1CCN. The van der Waals surface area contributed by atoms with Crippen LogP contribution < -0.4 is 16.0 Å². The fraction of sp³-hybridized carbons (Fsp3) is 0.333. The highest BCUT2D eigenvalue weighted by molar-refractivity contribution is 6.04. The molecule has 1 heterocycles. The number of nitrogens with two attached hydrogens (primary N) is 1. The average Bonchev–Trinajstić information content (AvgIpc) is 2.33. The number of anilines is 2. The molecule has 1 amide bonds. The zero-order valence-corrected chi connectivity index (χ0v) is 10.0. The minimum Gasteiger partial charge on any atom is -0.478 e. The second kappa shape index (κ2) is 4.66. The van der Waals surface area contributed by atoms with Gasteiger partial charge in [-0.1, -0.05) is 0 Å². The van der Waals surface area contributed by atoms with E-state index in [1.807, 2.05) is 4.90 Å². The number of nitrogens with zero attached hydrogens (tertiary/aromatic N) is 1. The largest absolute Gasteiger partial charge is 0.478 e. The van der Waals surface area contributed by atoms with Gasteiger partial charge in [0.2, 0.25) is 5.91 Å². The zero-order valence-electron chi connectivity index (χ0n) is 10.0. The molecule has 1 aromatic carbocycles. The molecule has 6 heteroatoms. The van der Waals surface area contributed by atoms with E-state index in [0.29, 0.717) is 18.7 Å². The van der Waals surface area contributed by atoms with E-state index in [-0.39, 0.29) is 17.5 Å². The Morgan fingerprint density at radius 1 is 1.56 bits per heavy atom. The summed E-state index contributed by atoms with van der Waals surface area (Å²) in [6.07, 6.45) is 0.558. The number of carbonyl (C=O) groups is 2. The number of nitrogens with one attached hydrogen (secondary N) is 1. The van der Waals surface area contributed by atoms with Gasteiger partial charge in [-0.15, -0.1) is 0 Å². The van der Waals surface area contributed by atoms with Gasteiger partial charge >= 0.3 is 5.97 Å². The van der Waals surface area contributed by atoms with Crippen molar-refractivity contribution < 1.29 is 14.7 Å². The number of carboxylic acid groups (broad SMARTS) is 1. The van der Waals surface area contributed by atoms with Crippen LogP contribution in [-0.4, -0.2) is 36.6 Å². The maximum absolute atomic E-state index is 11.9. The third-order valence-electron chi connectivity index (χ3n) is 3.09. The van der Waals surface area contributed by atoms with Crippen LogP contribution in [0.25, 0.3) is 0 Å². The number of rotatable bonds is 3. The lowest BCUT2D eigenvalue weighted by molar-refractivity contribution is -0.117. The van der Waals surface area contributed by atoms with Gasteiger partial charge in [-0.25, -0.2) is 4.79 Å². The van der Waals surface area contributed by atoms with E-state index in [1.54, 1.807) is 13.1 Å². The number of likely N-dealkylation sites (N-methyl/N-ethyl adjacent to an activating group) is 1. The van der Waals surface area contributed by atoms with Gasteiger partial charge in [0.05, 0.1) is 16.9 Å². The van der Waals surface area contributed by atoms with Crippen LogP contribution >= 0.6 is 0 Å². The number of carboxylic acids is 1. The molecule has 1 atom stereocenters. The first-order chi connectivity index (χ1) is 8.54. The van der Waals surface area contributed by atoms with Crippen molar-refractivity contribution >= 4 is 23.3 Å². The molecule has 0 saturated heterocycles. The molecule has 0 aromatic heterocycles. The molecule has 1 aromatic rings.